The van der Waals surface area contributed by atoms with Crippen LogP contribution in [-0.2, 0) is 16.0 Å². The lowest BCUT2D eigenvalue weighted by Gasteiger charge is -2.19. The predicted molar refractivity (Wildman–Crippen MR) is 97.6 cm³/mol. The lowest BCUT2D eigenvalue weighted by Crippen LogP contribution is -2.39. The number of rotatable bonds is 7. The van der Waals surface area contributed by atoms with E-state index >= 15 is 0 Å². The number of aliphatic hydroxyl groups is 1. The SMILES string of the molecule is N#Cc1ccc(OCC(O)CN2C(=O)CC(Cc3ccc(F)cc3)C2=O)cc1. The van der Waals surface area contributed by atoms with Crippen LogP contribution in [0.2, 0.25) is 0 Å². The van der Waals surface area contributed by atoms with Gasteiger partial charge in [0.1, 0.15) is 24.3 Å². The third kappa shape index (κ3) is 4.72. The van der Waals surface area contributed by atoms with E-state index < -0.39 is 12.0 Å². The number of amides is 2. The number of nitrogens with zero attached hydrogens (tertiary/aromatic N) is 2. The highest BCUT2D eigenvalue weighted by Crippen LogP contribution is 2.24. The number of aliphatic hydroxyl groups excluding tert-OH is 1. The van der Waals surface area contributed by atoms with Gasteiger partial charge in [-0.1, -0.05) is 12.1 Å². The number of likely N-dealkylation sites (tertiary alicyclic amines) is 1. The van der Waals surface area contributed by atoms with Crippen LogP contribution in [0, 0.1) is 23.1 Å². The van der Waals surface area contributed by atoms with Crippen molar-refractivity contribution in [3.63, 3.8) is 0 Å². The Kier molecular flexibility index (Phi) is 6.02. The molecule has 2 unspecified atom stereocenters. The van der Waals surface area contributed by atoms with E-state index in [-0.39, 0.29) is 37.2 Å². The Bertz CT molecular complexity index is 890. The average molecular weight is 382 g/mol. The first-order chi connectivity index (χ1) is 13.5. The molecule has 1 N–H and O–H groups in total. The topological polar surface area (TPSA) is 90.6 Å². The summed E-state index contributed by atoms with van der Waals surface area (Å²) in [5, 5.41) is 18.9. The summed E-state index contributed by atoms with van der Waals surface area (Å²) in [7, 11) is 0. The van der Waals surface area contributed by atoms with E-state index in [9.17, 15) is 19.1 Å². The van der Waals surface area contributed by atoms with Gasteiger partial charge >= 0.3 is 0 Å². The predicted octanol–water partition coefficient (Wildman–Crippen LogP) is 2.05. The van der Waals surface area contributed by atoms with Crippen LogP contribution in [0.25, 0.3) is 0 Å². The second-order valence-electron chi connectivity index (χ2n) is 6.68. The molecule has 2 aromatic rings. The Morgan fingerprint density at radius 3 is 2.50 bits per heavy atom. The molecule has 1 fully saturated rings. The number of hydrogen-bond donors (Lipinski definition) is 1. The molecule has 3 rings (SSSR count). The van der Waals surface area contributed by atoms with E-state index in [0.29, 0.717) is 17.7 Å². The van der Waals surface area contributed by atoms with Gasteiger partial charge in [-0.3, -0.25) is 14.5 Å². The Hall–Kier alpha value is -3.24. The minimum Gasteiger partial charge on any atom is -0.491 e. The third-order valence-corrected chi connectivity index (χ3v) is 4.55. The highest BCUT2D eigenvalue weighted by molar-refractivity contribution is 6.03. The van der Waals surface area contributed by atoms with Gasteiger partial charge in [-0.2, -0.15) is 5.26 Å². The standard InChI is InChI=1S/C21H19FN2O4/c22-17-5-1-14(2-6-17)9-16-10-20(26)24(21(16)27)12-18(25)13-28-19-7-3-15(11-23)4-8-19/h1-8,16,18,25H,9-10,12-13H2. The summed E-state index contributed by atoms with van der Waals surface area (Å²) in [6, 6.07) is 14.2. The minimum atomic E-state index is -1.03. The minimum absolute atomic E-state index is 0.0689. The first-order valence-electron chi connectivity index (χ1n) is 8.86. The highest BCUT2D eigenvalue weighted by Gasteiger charge is 2.39. The molecule has 28 heavy (non-hydrogen) atoms. The van der Waals surface area contributed by atoms with E-state index in [1.165, 1.54) is 12.1 Å². The Balaban J connectivity index is 1.52. The van der Waals surface area contributed by atoms with Crippen molar-refractivity contribution in [2.45, 2.75) is 18.9 Å². The fourth-order valence-corrected chi connectivity index (χ4v) is 3.09. The molecule has 0 saturated carbocycles. The molecule has 2 amide bonds. The maximum Gasteiger partial charge on any atom is 0.233 e. The Labute approximate surface area is 161 Å². The van der Waals surface area contributed by atoms with Crippen LogP contribution in [0.1, 0.15) is 17.5 Å². The molecule has 1 aliphatic heterocycles. The van der Waals surface area contributed by atoms with E-state index in [4.69, 9.17) is 10.00 Å². The first-order valence-corrected chi connectivity index (χ1v) is 8.86. The van der Waals surface area contributed by atoms with Crippen molar-refractivity contribution in [1.29, 1.82) is 5.26 Å². The molecule has 0 aromatic heterocycles. The normalized spacial score (nSPS) is 17.5. The number of carbonyl (C=O) groups is 2. The summed E-state index contributed by atoms with van der Waals surface area (Å²) in [4.78, 5) is 25.8. The molecule has 0 spiro atoms. The zero-order chi connectivity index (χ0) is 20.1. The van der Waals surface area contributed by atoms with Gasteiger partial charge in [0.2, 0.25) is 11.8 Å². The van der Waals surface area contributed by atoms with Crippen molar-refractivity contribution in [1.82, 2.24) is 4.90 Å². The van der Waals surface area contributed by atoms with E-state index in [1.807, 2.05) is 6.07 Å². The van der Waals surface area contributed by atoms with Crippen molar-refractivity contribution in [2.75, 3.05) is 13.2 Å². The number of imide groups is 1. The molecule has 2 atom stereocenters. The number of carbonyl (C=O) groups excluding carboxylic acids is 2. The van der Waals surface area contributed by atoms with E-state index in [1.54, 1.807) is 36.4 Å². The molecule has 7 heteroatoms. The van der Waals surface area contributed by atoms with Crippen LogP contribution in [0.5, 0.6) is 5.75 Å². The third-order valence-electron chi connectivity index (χ3n) is 4.55. The fourth-order valence-electron chi connectivity index (χ4n) is 3.09. The summed E-state index contributed by atoms with van der Waals surface area (Å²) >= 11 is 0. The summed E-state index contributed by atoms with van der Waals surface area (Å²) < 4.78 is 18.4. The summed E-state index contributed by atoms with van der Waals surface area (Å²) in [5.74, 6) is -1.07. The van der Waals surface area contributed by atoms with Crippen LogP contribution in [-0.4, -0.2) is 41.1 Å². The van der Waals surface area contributed by atoms with Gasteiger partial charge in [-0.15, -0.1) is 0 Å². The van der Waals surface area contributed by atoms with Crippen LogP contribution in [0.4, 0.5) is 4.39 Å². The van der Waals surface area contributed by atoms with Gasteiger partial charge in [-0.25, -0.2) is 4.39 Å². The van der Waals surface area contributed by atoms with Crippen molar-refractivity contribution in [3.8, 4) is 11.8 Å². The number of halogens is 1. The molecule has 0 bridgehead atoms. The van der Waals surface area contributed by atoms with Crippen LogP contribution >= 0.6 is 0 Å². The van der Waals surface area contributed by atoms with E-state index in [2.05, 4.69) is 0 Å². The summed E-state index contributed by atoms with van der Waals surface area (Å²) in [6.07, 6.45) is -0.619. The van der Waals surface area contributed by atoms with Crippen molar-refractivity contribution < 1.29 is 23.8 Å². The molecule has 6 nitrogen and oxygen atoms in total. The summed E-state index contributed by atoms with van der Waals surface area (Å²) in [5.41, 5.74) is 1.27. The van der Waals surface area contributed by atoms with E-state index in [0.717, 1.165) is 10.5 Å². The number of ether oxygens (including phenoxy) is 1. The molecular formula is C21H19FN2O4. The molecular weight excluding hydrogens is 363 g/mol. The monoisotopic (exact) mass is 382 g/mol. The second kappa shape index (κ2) is 8.63. The molecule has 2 aromatic carbocycles. The number of β-amino-alcohol motifs (C(OH)–C–C–N with tert-alkyl or cyclic N) is 1. The fraction of sp³-hybridized carbons (Fsp3) is 0.286. The maximum absolute atomic E-state index is 13.0. The number of nitriles is 1. The van der Waals surface area contributed by atoms with Crippen LogP contribution in [0.15, 0.2) is 48.5 Å². The summed E-state index contributed by atoms with van der Waals surface area (Å²) in [6.45, 7) is -0.237. The van der Waals surface area contributed by atoms with Gasteiger partial charge in [0.15, 0.2) is 0 Å². The molecule has 0 radical (unpaired) electrons. The molecule has 144 valence electrons. The van der Waals surface area contributed by atoms with Crippen molar-refractivity contribution in [3.05, 3.63) is 65.5 Å². The van der Waals surface area contributed by atoms with Gasteiger partial charge in [0, 0.05) is 6.42 Å². The Morgan fingerprint density at radius 2 is 1.86 bits per heavy atom. The Morgan fingerprint density at radius 1 is 1.18 bits per heavy atom. The average Bonchev–Trinajstić information content (AvgIpc) is 2.96. The molecule has 1 saturated heterocycles. The largest absolute Gasteiger partial charge is 0.491 e. The van der Waals surface area contributed by atoms with Crippen LogP contribution < -0.4 is 4.74 Å². The molecule has 1 heterocycles. The van der Waals surface area contributed by atoms with Gasteiger partial charge in [0.05, 0.1) is 24.1 Å². The van der Waals surface area contributed by atoms with Gasteiger partial charge < -0.3 is 9.84 Å². The zero-order valence-electron chi connectivity index (χ0n) is 15.0. The number of benzene rings is 2. The van der Waals surface area contributed by atoms with Gasteiger partial charge in [0.25, 0.3) is 0 Å². The molecule has 1 aliphatic rings. The quantitative estimate of drug-likeness (QED) is 0.740. The first kappa shape index (κ1) is 19.5. The number of hydrogen-bond acceptors (Lipinski definition) is 5. The van der Waals surface area contributed by atoms with Crippen molar-refractivity contribution in [2.24, 2.45) is 5.92 Å². The highest BCUT2D eigenvalue weighted by atomic mass is 19.1. The lowest BCUT2D eigenvalue weighted by atomic mass is 9.98. The van der Waals surface area contributed by atoms with Crippen molar-refractivity contribution >= 4 is 11.8 Å². The smallest absolute Gasteiger partial charge is 0.233 e. The van der Waals surface area contributed by atoms with Gasteiger partial charge in [-0.05, 0) is 48.4 Å². The second-order valence-corrected chi connectivity index (χ2v) is 6.68. The zero-order valence-corrected chi connectivity index (χ0v) is 15.0. The molecule has 0 aliphatic carbocycles. The lowest BCUT2D eigenvalue weighted by molar-refractivity contribution is -0.141. The maximum atomic E-state index is 13.0. The van der Waals surface area contributed by atoms with Crippen LogP contribution in [0.3, 0.4) is 0 Å².